The number of nitrogens with one attached hydrogen (secondary N) is 2. The van der Waals surface area contributed by atoms with Crippen molar-refractivity contribution in [3.63, 3.8) is 0 Å². The van der Waals surface area contributed by atoms with E-state index >= 15 is 0 Å². The normalized spacial score (nSPS) is 10.3. The number of benzene rings is 1. The summed E-state index contributed by atoms with van der Waals surface area (Å²) in [4.78, 5) is 4.19. The maximum absolute atomic E-state index is 5.85. The van der Waals surface area contributed by atoms with E-state index in [1.807, 2.05) is 31.2 Å². The smallest absolute Gasteiger partial charge is 0.169 e. The van der Waals surface area contributed by atoms with Gasteiger partial charge in [-0.2, -0.15) is 5.10 Å². The molecule has 0 aliphatic heterocycles. The van der Waals surface area contributed by atoms with Gasteiger partial charge in [-0.25, -0.2) is 4.98 Å². The van der Waals surface area contributed by atoms with Crippen molar-refractivity contribution in [2.75, 3.05) is 5.32 Å². The average molecular weight is 223 g/mol. The van der Waals surface area contributed by atoms with Crippen LogP contribution in [0.3, 0.4) is 0 Å². The van der Waals surface area contributed by atoms with E-state index in [0.717, 1.165) is 17.3 Å². The lowest BCUT2D eigenvalue weighted by Crippen LogP contribution is -2.01. The van der Waals surface area contributed by atoms with Crippen LogP contribution in [0, 0.1) is 6.92 Å². The molecule has 1 heterocycles. The second-order valence-electron chi connectivity index (χ2n) is 3.20. The fourth-order valence-electron chi connectivity index (χ4n) is 1.25. The summed E-state index contributed by atoms with van der Waals surface area (Å²) >= 11 is 5.85. The molecular weight excluding hydrogens is 212 g/mol. The third-order valence-corrected chi connectivity index (χ3v) is 2.15. The summed E-state index contributed by atoms with van der Waals surface area (Å²) in [6, 6.07) is 7.55. The minimum Gasteiger partial charge on any atom is -0.378 e. The number of H-pyrrole nitrogens is 1. The van der Waals surface area contributed by atoms with Crippen LogP contribution >= 0.6 is 11.6 Å². The zero-order chi connectivity index (χ0) is 10.7. The fourth-order valence-corrected chi connectivity index (χ4v) is 1.44. The van der Waals surface area contributed by atoms with Crippen molar-refractivity contribution >= 4 is 17.3 Å². The second-order valence-corrected chi connectivity index (χ2v) is 3.64. The molecule has 5 heteroatoms. The summed E-state index contributed by atoms with van der Waals surface area (Å²) in [5.74, 6) is 1.56. The van der Waals surface area contributed by atoms with Crippen molar-refractivity contribution in [1.29, 1.82) is 0 Å². The van der Waals surface area contributed by atoms with Gasteiger partial charge in [0.25, 0.3) is 0 Å². The lowest BCUT2D eigenvalue weighted by Gasteiger charge is -2.03. The van der Waals surface area contributed by atoms with Crippen molar-refractivity contribution in [1.82, 2.24) is 15.2 Å². The predicted octanol–water partition coefficient (Wildman–Crippen LogP) is 2.38. The van der Waals surface area contributed by atoms with E-state index in [4.69, 9.17) is 11.6 Å². The molecule has 2 N–H and O–H groups in total. The highest BCUT2D eigenvalue weighted by molar-refractivity contribution is 6.30. The van der Waals surface area contributed by atoms with E-state index in [-0.39, 0.29) is 0 Å². The van der Waals surface area contributed by atoms with Gasteiger partial charge in [0.1, 0.15) is 5.82 Å². The van der Waals surface area contributed by atoms with Crippen LogP contribution in [0.4, 0.5) is 5.69 Å². The van der Waals surface area contributed by atoms with Gasteiger partial charge in [0, 0.05) is 10.7 Å². The Labute approximate surface area is 92.7 Å². The van der Waals surface area contributed by atoms with E-state index in [2.05, 4.69) is 20.5 Å². The molecule has 0 saturated carbocycles. The molecule has 0 atom stereocenters. The first-order valence-electron chi connectivity index (χ1n) is 4.61. The third-order valence-electron chi connectivity index (χ3n) is 1.92. The third kappa shape index (κ3) is 2.70. The molecule has 2 rings (SSSR count). The molecule has 15 heavy (non-hydrogen) atoms. The highest BCUT2D eigenvalue weighted by Crippen LogP contribution is 2.15. The van der Waals surface area contributed by atoms with Crippen LogP contribution in [0.25, 0.3) is 0 Å². The van der Waals surface area contributed by atoms with Gasteiger partial charge in [-0.05, 0) is 25.1 Å². The highest BCUT2D eigenvalue weighted by atomic mass is 35.5. The SMILES string of the molecule is Cc1nc(CNc2cccc(Cl)c2)n[nH]1. The molecule has 78 valence electrons. The number of rotatable bonds is 3. The molecule has 0 unspecified atom stereocenters. The minimum atomic E-state index is 0.588. The first-order valence-corrected chi connectivity index (χ1v) is 4.99. The van der Waals surface area contributed by atoms with Gasteiger partial charge >= 0.3 is 0 Å². The highest BCUT2D eigenvalue weighted by Gasteiger charge is 1.99. The van der Waals surface area contributed by atoms with E-state index in [1.54, 1.807) is 0 Å². The van der Waals surface area contributed by atoms with Crippen LogP contribution in [-0.4, -0.2) is 15.2 Å². The summed E-state index contributed by atoms with van der Waals surface area (Å²) in [7, 11) is 0. The van der Waals surface area contributed by atoms with Gasteiger partial charge in [-0.15, -0.1) is 0 Å². The van der Waals surface area contributed by atoms with Gasteiger partial charge in [0.2, 0.25) is 0 Å². The summed E-state index contributed by atoms with van der Waals surface area (Å²) in [5, 5.41) is 10.7. The zero-order valence-corrected chi connectivity index (χ0v) is 9.04. The molecule has 0 saturated heterocycles. The molecule has 0 bridgehead atoms. The molecule has 0 aliphatic rings. The Bertz CT molecular complexity index is 452. The zero-order valence-electron chi connectivity index (χ0n) is 8.29. The van der Waals surface area contributed by atoms with Gasteiger partial charge in [-0.1, -0.05) is 17.7 Å². The Morgan fingerprint density at radius 2 is 2.33 bits per heavy atom. The Hall–Kier alpha value is -1.55. The minimum absolute atomic E-state index is 0.588. The second kappa shape index (κ2) is 4.31. The van der Waals surface area contributed by atoms with Gasteiger partial charge < -0.3 is 5.32 Å². The standard InChI is InChI=1S/C10H11ClN4/c1-7-13-10(15-14-7)6-12-9-4-2-3-8(11)5-9/h2-5,12H,6H2,1H3,(H,13,14,15). The first kappa shape index (κ1) is 9.98. The maximum atomic E-state index is 5.85. The van der Waals surface area contributed by atoms with Crippen molar-refractivity contribution in [2.45, 2.75) is 13.5 Å². The van der Waals surface area contributed by atoms with Crippen LogP contribution in [-0.2, 0) is 6.54 Å². The summed E-state index contributed by atoms with van der Waals surface area (Å²) in [5.41, 5.74) is 0.963. The van der Waals surface area contributed by atoms with Crippen molar-refractivity contribution in [3.05, 3.63) is 40.9 Å². The van der Waals surface area contributed by atoms with Crippen LogP contribution in [0.5, 0.6) is 0 Å². The van der Waals surface area contributed by atoms with E-state index in [1.165, 1.54) is 0 Å². The summed E-state index contributed by atoms with van der Waals surface area (Å²) in [6.07, 6.45) is 0. The fraction of sp³-hybridized carbons (Fsp3) is 0.200. The number of aryl methyl sites for hydroxylation is 1. The molecule has 0 radical (unpaired) electrons. The number of aromatic amines is 1. The monoisotopic (exact) mass is 222 g/mol. The molecule has 0 aliphatic carbocycles. The molecular formula is C10H11ClN4. The number of nitrogens with zero attached hydrogens (tertiary/aromatic N) is 2. The van der Waals surface area contributed by atoms with Crippen molar-refractivity contribution < 1.29 is 0 Å². The molecule has 0 spiro atoms. The average Bonchev–Trinajstić information content (AvgIpc) is 2.62. The predicted molar refractivity (Wildman–Crippen MR) is 59.9 cm³/mol. The topological polar surface area (TPSA) is 53.6 Å². The maximum Gasteiger partial charge on any atom is 0.169 e. The molecule has 4 nitrogen and oxygen atoms in total. The van der Waals surface area contributed by atoms with E-state index in [0.29, 0.717) is 11.6 Å². The number of halogens is 1. The van der Waals surface area contributed by atoms with E-state index in [9.17, 15) is 0 Å². The summed E-state index contributed by atoms with van der Waals surface area (Å²) < 4.78 is 0. The molecule has 2 aromatic rings. The van der Waals surface area contributed by atoms with Gasteiger partial charge in [0.15, 0.2) is 5.82 Å². The summed E-state index contributed by atoms with van der Waals surface area (Å²) in [6.45, 7) is 2.46. The van der Waals surface area contributed by atoms with Crippen LogP contribution in [0.1, 0.15) is 11.6 Å². The molecule has 1 aromatic carbocycles. The van der Waals surface area contributed by atoms with Crippen molar-refractivity contribution in [3.8, 4) is 0 Å². The number of hydrogen-bond donors (Lipinski definition) is 2. The molecule has 1 aromatic heterocycles. The Morgan fingerprint density at radius 1 is 1.47 bits per heavy atom. The molecule has 0 amide bonds. The lowest BCUT2D eigenvalue weighted by molar-refractivity contribution is 0.953. The van der Waals surface area contributed by atoms with Crippen LogP contribution < -0.4 is 5.32 Å². The van der Waals surface area contributed by atoms with E-state index < -0.39 is 0 Å². The Kier molecular flexibility index (Phi) is 2.87. The van der Waals surface area contributed by atoms with Crippen molar-refractivity contribution in [2.24, 2.45) is 0 Å². The first-order chi connectivity index (χ1) is 7.24. The Balaban J connectivity index is 1.99. The Morgan fingerprint density at radius 3 is 3.00 bits per heavy atom. The van der Waals surface area contributed by atoms with Crippen LogP contribution in [0.15, 0.2) is 24.3 Å². The lowest BCUT2D eigenvalue weighted by atomic mass is 10.3. The largest absolute Gasteiger partial charge is 0.378 e. The van der Waals surface area contributed by atoms with Crippen LogP contribution in [0.2, 0.25) is 5.02 Å². The quantitative estimate of drug-likeness (QED) is 0.839. The van der Waals surface area contributed by atoms with Gasteiger partial charge in [-0.3, -0.25) is 5.10 Å². The van der Waals surface area contributed by atoms with Gasteiger partial charge in [0.05, 0.1) is 6.54 Å². The number of aromatic nitrogens is 3. The molecule has 0 fully saturated rings. The number of anilines is 1. The number of hydrogen-bond acceptors (Lipinski definition) is 3.